The smallest absolute Gasteiger partial charge is 0.242 e. The minimum atomic E-state index is -3.59. The zero-order valence-electron chi connectivity index (χ0n) is 9.90. The lowest BCUT2D eigenvalue weighted by atomic mass is 10.2. The monoisotopic (exact) mass is 276 g/mol. The minimum absolute atomic E-state index is 0.0941. The summed E-state index contributed by atoms with van der Waals surface area (Å²) in [4.78, 5) is 0.0941. The van der Waals surface area contributed by atoms with Gasteiger partial charge in [-0.3, -0.25) is 0 Å². The molecule has 1 unspecified atom stereocenters. The first-order chi connectivity index (χ1) is 7.90. The average molecular weight is 277 g/mol. The first-order valence-electron chi connectivity index (χ1n) is 5.39. The van der Waals surface area contributed by atoms with Crippen LogP contribution in [0.3, 0.4) is 0 Å². The summed E-state index contributed by atoms with van der Waals surface area (Å²) in [6.45, 7) is 3.99. The van der Waals surface area contributed by atoms with Crippen molar-refractivity contribution in [1.82, 2.24) is 4.72 Å². The van der Waals surface area contributed by atoms with Crippen LogP contribution in [0.25, 0.3) is 0 Å². The standard InChI is InChI=1S/C11H17ClN2O2S/c1-3-9(7-13)14-17(15,16)11-5-4-8(2)6-10(11)12/h4-6,9,14H,3,7,13H2,1-2H3. The van der Waals surface area contributed by atoms with Crippen LogP contribution in [0.1, 0.15) is 18.9 Å². The lowest BCUT2D eigenvalue weighted by molar-refractivity contribution is 0.542. The lowest BCUT2D eigenvalue weighted by Crippen LogP contribution is -2.39. The normalized spacial score (nSPS) is 13.6. The van der Waals surface area contributed by atoms with Gasteiger partial charge in [0.05, 0.1) is 5.02 Å². The van der Waals surface area contributed by atoms with E-state index < -0.39 is 10.0 Å². The second-order valence-corrected chi connectivity index (χ2v) is 5.99. The van der Waals surface area contributed by atoms with Gasteiger partial charge in [0.1, 0.15) is 4.90 Å². The van der Waals surface area contributed by atoms with E-state index in [0.29, 0.717) is 6.42 Å². The van der Waals surface area contributed by atoms with Gasteiger partial charge in [-0.2, -0.15) is 0 Å². The molecule has 96 valence electrons. The van der Waals surface area contributed by atoms with Crippen molar-refractivity contribution in [1.29, 1.82) is 0 Å². The zero-order chi connectivity index (χ0) is 13.1. The van der Waals surface area contributed by atoms with E-state index in [0.717, 1.165) is 5.56 Å². The molecule has 0 fully saturated rings. The number of sulfonamides is 1. The number of benzene rings is 1. The van der Waals surface area contributed by atoms with Gasteiger partial charge >= 0.3 is 0 Å². The number of aryl methyl sites for hydroxylation is 1. The van der Waals surface area contributed by atoms with Crippen molar-refractivity contribution < 1.29 is 8.42 Å². The van der Waals surface area contributed by atoms with Crippen LogP contribution in [0.5, 0.6) is 0 Å². The molecule has 1 rings (SSSR count). The molecule has 0 saturated carbocycles. The van der Waals surface area contributed by atoms with Crippen LogP contribution in [-0.4, -0.2) is 21.0 Å². The summed E-state index contributed by atoms with van der Waals surface area (Å²) in [5.74, 6) is 0. The summed E-state index contributed by atoms with van der Waals surface area (Å²) in [6, 6.07) is 4.57. The van der Waals surface area contributed by atoms with Crippen molar-refractivity contribution in [2.24, 2.45) is 5.73 Å². The molecular weight excluding hydrogens is 260 g/mol. The largest absolute Gasteiger partial charge is 0.329 e. The Hall–Kier alpha value is -0.620. The lowest BCUT2D eigenvalue weighted by Gasteiger charge is -2.15. The highest BCUT2D eigenvalue weighted by Crippen LogP contribution is 2.22. The molecule has 0 aliphatic carbocycles. The molecule has 0 amide bonds. The van der Waals surface area contributed by atoms with Gasteiger partial charge in [0.15, 0.2) is 0 Å². The molecule has 1 aromatic rings. The number of halogens is 1. The average Bonchev–Trinajstić information content (AvgIpc) is 2.25. The van der Waals surface area contributed by atoms with Gasteiger partial charge in [-0.25, -0.2) is 13.1 Å². The van der Waals surface area contributed by atoms with E-state index in [9.17, 15) is 8.42 Å². The van der Waals surface area contributed by atoms with E-state index in [-0.39, 0.29) is 22.5 Å². The summed E-state index contributed by atoms with van der Waals surface area (Å²) in [7, 11) is -3.59. The first-order valence-corrected chi connectivity index (χ1v) is 7.25. The third-order valence-corrected chi connectivity index (χ3v) is 4.48. The summed E-state index contributed by atoms with van der Waals surface area (Å²) in [5, 5.41) is 0.226. The number of nitrogens with two attached hydrogens (primary N) is 1. The fourth-order valence-corrected chi connectivity index (χ4v) is 3.34. The number of hydrogen-bond acceptors (Lipinski definition) is 3. The maximum Gasteiger partial charge on any atom is 0.242 e. The van der Waals surface area contributed by atoms with E-state index in [2.05, 4.69) is 4.72 Å². The summed E-state index contributed by atoms with van der Waals surface area (Å²) < 4.78 is 26.6. The Labute approximate surface area is 107 Å². The highest BCUT2D eigenvalue weighted by molar-refractivity contribution is 7.89. The van der Waals surface area contributed by atoms with Gasteiger partial charge in [0.25, 0.3) is 0 Å². The predicted molar refractivity (Wildman–Crippen MR) is 69.6 cm³/mol. The molecule has 6 heteroatoms. The molecule has 1 aromatic carbocycles. The molecule has 4 nitrogen and oxygen atoms in total. The van der Waals surface area contributed by atoms with Gasteiger partial charge in [-0.05, 0) is 31.0 Å². The summed E-state index contributed by atoms with van der Waals surface area (Å²) in [6.07, 6.45) is 0.638. The second kappa shape index (κ2) is 5.82. The maximum absolute atomic E-state index is 12.0. The maximum atomic E-state index is 12.0. The first kappa shape index (κ1) is 14.4. The quantitative estimate of drug-likeness (QED) is 0.859. The van der Waals surface area contributed by atoms with Crippen molar-refractivity contribution >= 4 is 21.6 Å². The van der Waals surface area contributed by atoms with Gasteiger partial charge in [0.2, 0.25) is 10.0 Å². The molecule has 0 saturated heterocycles. The van der Waals surface area contributed by atoms with Crippen LogP contribution in [0.4, 0.5) is 0 Å². The molecule has 0 spiro atoms. The van der Waals surface area contributed by atoms with Gasteiger partial charge in [0, 0.05) is 12.6 Å². The summed E-state index contributed by atoms with van der Waals surface area (Å²) >= 11 is 5.93. The van der Waals surface area contributed by atoms with E-state index in [4.69, 9.17) is 17.3 Å². The van der Waals surface area contributed by atoms with Crippen molar-refractivity contribution in [2.75, 3.05) is 6.54 Å². The topological polar surface area (TPSA) is 72.2 Å². The third kappa shape index (κ3) is 3.67. The Morgan fingerprint density at radius 2 is 2.12 bits per heavy atom. The molecular formula is C11H17ClN2O2S. The molecule has 0 bridgehead atoms. The molecule has 0 radical (unpaired) electrons. The number of rotatable bonds is 5. The van der Waals surface area contributed by atoms with E-state index in [1.54, 1.807) is 12.1 Å². The van der Waals surface area contributed by atoms with Gasteiger partial charge in [-0.15, -0.1) is 0 Å². The predicted octanol–water partition coefficient (Wildman–Crippen LogP) is 1.66. The van der Waals surface area contributed by atoms with Crippen LogP contribution in [-0.2, 0) is 10.0 Å². The molecule has 0 aromatic heterocycles. The van der Waals surface area contributed by atoms with Crippen molar-refractivity contribution in [3.05, 3.63) is 28.8 Å². The highest BCUT2D eigenvalue weighted by Gasteiger charge is 2.20. The fourth-order valence-electron chi connectivity index (χ4n) is 1.40. The number of nitrogens with one attached hydrogen (secondary N) is 1. The van der Waals surface area contributed by atoms with Crippen LogP contribution in [0.2, 0.25) is 5.02 Å². The molecule has 0 heterocycles. The molecule has 3 N–H and O–H groups in total. The zero-order valence-corrected chi connectivity index (χ0v) is 11.5. The summed E-state index contributed by atoms with van der Waals surface area (Å²) in [5.41, 5.74) is 6.39. The van der Waals surface area contributed by atoms with E-state index in [1.807, 2.05) is 13.8 Å². The number of hydrogen-bond donors (Lipinski definition) is 2. The van der Waals surface area contributed by atoms with Crippen LogP contribution < -0.4 is 10.5 Å². The third-order valence-electron chi connectivity index (χ3n) is 2.48. The van der Waals surface area contributed by atoms with E-state index in [1.165, 1.54) is 6.07 Å². The highest BCUT2D eigenvalue weighted by atomic mass is 35.5. The minimum Gasteiger partial charge on any atom is -0.329 e. The Bertz CT molecular complexity index is 484. The van der Waals surface area contributed by atoms with Gasteiger partial charge < -0.3 is 5.73 Å². The fraction of sp³-hybridized carbons (Fsp3) is 0.455. The van der Waals surface area contributed by atoms with E-state index >= 15 is 0 Å². The van der Waals surface area contributed by atoms with Crippen molar-refractivity contribution in [2.45, 2.75) is 31.2 Å². The molecule has 0 aliphatic heterocycles. The molecule has 1 atom stereocenters. The molecule has 0 aliphatic rings. The Kier molecular flexibility index (Phi) is 4.94. The van der Waals surface area contributed by atoms with Crippen molar-refractivity contribution in [3.8, 4) is 0 Å². The van der Waals surface area contributed by atoms with Crippen LogP contribution >= 0.6 is 11.6 Å². The Morgan fingerprint density at radius 1 is 1.47 bits per heavy atom. The Morgan fingerprint density at radius 3 is 2.59 bits per heavy atom. The van der Waals surface area contributed by atoms with Crippen molar-refractivity contribution in [3.63, 3.8) is 0 Å². The second-order valence-electron chi connectivity index (χ2n) is 3.90. The van der Waals surface area contributed by atoms with Gasteiger partial charge in [-0.1, -0.05) is 24.6 Å². The Balaban J connectivity index is 3.05. The SMILES string of the molecule is CCC(CN)NS(=O)(=O)c1ccc(C)cc1Cl. The van der Waals surface area contributed by atoms with Crippen LogP contribution in [0.15, 0.2) is 23.1 Å². The molecule has 17 heavy (non-hydrogen) atoms. The van der Waals surface area contributed by atoms with Crippen LogP contribution in [0, 0.1) is 6.92 Å².